The van der Waals surface area contributed by atoms with E-state index in [4.69, 9.17) is 0 Å². The van der Waals surface area contributed by atoms with Crippen LogP contribution in [0, 0.1) is 10.1 Å². The molecule has 0 saturated heterocycles. The number of fused-ring (bicyclic) bond motifs is 1. The number of hydrogen-bond donors (Lipinski definition) is 1. The van der Waals surface area contributed by atoms with E-state index < -0.39 is 10.5 Å². The number of amides is 1. The Morgan fingerprint density at radius 3 is 2.44 bits per heavy atom. The summed E-state index contributed by atoms with van der Waals surface area (Å²) in [5, 5.41) is 19.4. The lowest BCUT2D eigenvalue weighted by atomic mass is 10.0. The summed E-state index contributed by atoms with van der Waals surface area (Å²) < 4.78 is 1.10. The van der Waals surface area contributed by atoms with Gasteiger partial charge in [-0.05, 0) is 18.6 Å². The van der Waals surface area contributed by atoms with Crippen molar-refractivity contribution in [2.24, 2.45) is 0 Å². The first kappa shape index (κ1) is 20.9. The Bertz CT molecular complexity index is 1370. The minimum atomic E-state index is -0.486. The zero-order chi connectivity index (χ0) is 22.7. The number of non-ortho nitro benzene ring substituents is 1. The average molecular weight is 428 g/mol. The van der Waals surface area contributed by atoms with E-state index in [2.05, 4.69) is 10.4 Å². The summed E-state index contributed by atoms with van der Waals surface area (Å²) in [6.07, 6.45) is 0. The zero-order valence-corrected chi connectivity index (χ0v) is 17.3. The highest BCUT2D eigenvalue weighted by atomic mass is 16.6. The Balaban J connectivity index is 1.72. The number of nitrogens with zero attached hydrogens (tertiary/aromatic N) is 3. The molecule has 0 aliphatic rings. The van der Waals surface area contributed by atoms with Crippen molar-refractivity contribution in [2.45, 2.75) is 19.5 Å². The van der Waals surface area contributed by atoms with Crippen LogP contribution in [0.3, 0.4) is 0 Å². The highest BCUT2D eigenvalue weighted by Crippen LogP contribution is 2.27. The van der Waals surface area contributed by atoms with E-state index in [0.29, 0.717) is 22.0 Å². The van der Waals surface area contributed by atoms with Gasteiger partial charge in [-0.2, -0.15) is 5.10 Å². The van der Waals surface area contributed by atoms with E-state index in [1.807, 2.05) is 37.3 Å². The number of carbonyl (C=O) groups excluding carboxylic acids is 1. The third kappa shape index (κ3) is 4.24. The maximum Gasteiger partial charge on any atom is 0.275 e. The second kappa shape index (κ2) is 8.81. The molecule has 0 aliphatic heterocycles. The van der Waals surface area contributed by atoms with Crippen LogP contribution in [0.25, 0.3) is 22.0 Å². The molecule has 1 N–H and O–H groups in total. The molecule has 8 heteroatoms. The molecular weight excluding hydrogens is 408 g/mol. The summed E-state index contributed by atoms with van der Waals surface area (Å²) in [5.74, 6) is -0.365. The molecule has 0 spiro atoms. The van der Waals surface area contributed by atoms with Gasteiger partial charge < -0.3 is 5.32 Å². The molecule has 4 aromatic rings. The first-order valence-electron chi connectivity index (χ1n) is 10.0. The van der Waals surface area contributed by atoms with Gasteiger partial charge in [0.25, 0.3) is 11.2 Å². The quantitative estimate of drug-likeness (QED) is 0.371. The number of rotatable bonds is 6. The van der Waals surface area contributed by atoms with Gasteiger partial charge in [-0.15, -0.1) is 0 Å². The Morgan fingerprint density at radius 1 is 1.03 bits per heavy atom. The van der Waals surface area contributed by atoms with Gasteiger partial charge in [0.15, 0.2) is 0 Å². The lowest BCUT2D eigenvalue weighted by Gasteiger charge is -2.15. The molecule has 3 aromatic carbocycles. The molecule has 0 fully saturated rings. The number of hydrogen-bond acceptors (Lipinski definition) is 5. The second-order valence-corrected chi connectivity index (χ2v) is 7.36. The van der Waals surface area contributed by atoms with E-state index in [-0.39, 0.29) is 24.2 Å². The molecule has 32 heavy (non-hydrogen) atoms. The maximum atomic E-state index is 13.0. The Kier molecular flexibility index (Phi) is 5.76. The second-order valence-electron chi connectivity index (χ2n) is 7.36. The van der Waals surface area contributed by atoms with Gasteiger partial charge in [-0.25, -0.2) is 4.68 Å². The van der Waals surface area contributed by atoms with Crippen LogP contribution in [0.5, 0.6) is 0 Å². The van der Waals surface area contributed by atoms with Crippen LogP contribution in [0.4, 0.5) is 5.69 Å². The van der Waals surface area contributed by atoms with Gasteiger partial charge in [0, 0.05) is 23.1 Å². The van der Waals surface area contributed by atoms with Crippen molar-refractivity contribution in [1.29, 1.82) is 0 Å². The van der Waals surface area contributed by atoms with Gasteiger partial charge in [0.05, 0.1) is 22.0 Å². The lowest BCUT2D eigenvalue weighted by Crippen LogP contribution is -2.35. The van der Waals surface area contributed by atoms with E-state index in [1.54, 1.807) is 36.4 Å². The number of aromatic nitrogens is 2. The summed E-state index contributed by atoms with van der Waals surface area (Å²) >= 11 is 0. The monoisotopic (exact) mass is 428 g/mol. The molecule has 1 amide bonds. The van der Waals surface area contributed by atoms with E-state index >= 15 is 0 Å². The molecule has 160 valence electrons. The van der Waals surface area contributed by atoms with Gasteiger partial charge in [0.1, 0.15) is 6.54 Å². The molecule has 0 aliphatic carbocycles. The minimum Gasteiger partial charge on any atom is -0.348 e. The molecule has 0 bridgehead atoms. The van der Waals surface area contributed by atoms with Crippen molar-refractivity contribution in [3.63, 3.8) is 0 Å². The fraction of sp³-hybridized carbons (Fsp3) is 0.125. The predicted octanol–water partition coefficient (Wildman–Crippen LogP) is 3.85. The smallest absolute Gasteiger partial charge is 0.275 e. The van der Waals surface area contributed by atoms with Crippen molar-refractivity contribution in [2.75, 3.05) is 0 Å². The standard InChI is InChI=1S/C24H20N4O4/c1-16(17-8-3-2-4-9-17)25-22(29)15-27-24(30)21-13-6-5-12-20(21)23(26-27)18-10-7-11-19(14-18)28(31)32/h2-14,16H,15H2,1H3,(H,25,29)/t16-/m1/s1. The highest BCUT2D eigenvalue weighted by molar-refractivity contribution is 5.94. The van der Waals surface area contributed by atoms with Crippen molar-refractivity contribution >= 4 is 22.4 Å². The van der Waals surface area contributed by atoms with Crippen LogP contribution >= 0.6 is 0 Å². The fourth-order valence-corrected chi connectivity index (χ4v) is 3.57. The molecule has 0 saturated carbocycles. The van der Waals surface area contributed by atoms with Crippen LogP contribution in [0.1, 0.15) is 18.5 Å². The van der Waals surface area contributed by atoms with Crippen molar-refractivity contribution in [1.82, 2.24) is 15.1 Å². The van der Waals surface area contributed by atoms with Gasteiger partial charge in [0.2, 0.25) is 5.91 Å². The minimum absolute atomic E-state index is 0.0828. The van der Waals surface area contributed by atoms with Crippen molar-refractivity contribution in [3.8, 4) is 11.3 Å². The third-order valence-corrected chi connectivity index (χ3v) is 5.17. The van der Waals surface area contributed by atoms with Crippen LogP contribution in [-0.4, -0.2) is 20.6 Å². The molecule has 8 nitrogen and oxygen atoms in total. The van der Waals surface area contributed by atoms with Gasteiger partial charge in [-0.3, -0.25) is 19.7 Å². The molecule has 0 unspecified atom stereocenters. The van der Waals surface area contributed by atoms with E-state index in [1.165, 1.54) is 12.1 Å². The summed E-state index contributed by atoms with van der Waals surface area (Å²) in [7, 11) is 0. The zero-order valence-electron chi connectivity index (χ0n) is 17.3. The first-order chi connectivity index (χ1) is 15.4. The van der Waals surface area contributed by atoms with E-state index in [9.17, 15) is 19.7 Å². The highest BCUT2D eigenvalue weighted by Gasteiger charge is 2.17. The largest absolute Gasteiger partial charge is 0.348 e. The molecule has 4 rings (SSSR count). The average Bonchev–Trinajstić information content (AvgIpc) is 2.81. The number of nitrogens with one attached hydrogen (secondary N) is 1. The molecule has 0 radical (unpaired) electrons. The topological polar surface area (TPSA) is 107 Å². The molecular formula is C24H20N4O4. The molecule has 1 atom stereocenters. The third-order valence-electron chi connectivity index (χ3n) is 5.17. The normalized spacial score (nSPS) is 11.8. The Morgan fingerprint density at radius 2 is 1.72 bits per heavy atom. The summed E-state index contributed by atoms with van der Waals surface area (Å²) in [6, 6.07) is 22.2. The number of benzene rings is 3. The predicted molar refractivity (Wildman–Crippen MR) is 121 cm³/mol. The molecule has 1 aromatic heterocycles. The van der Waals surface area contributed by atoms with Crippen LogP contribution in [0.2, 0.25) is 0 Å². The summed E-state index contributed by atoms with van der Waals surface area (Å²) in [4.78, 5) is 36.4. The lowest BCUT2D eigenvalue weighted by molar-refractivity contribution is -0.384. The van der Waals surface area contributed by atoms with Crippen molar-refractivity contribution < 1.29 is 9.72 Å². The van der Waals surface area contributed by atoms with Crippen LogP contribution in [-0.2, 0) is 11.3 Å². The fourth-order valence-electron chi connectivity index (χ4n) is 3.57. The van der Waals surface area contributed by atoms with Gasteiger partial charge in [-0.1, -0.05) is 60.7 Å². The van der Waals surface area contributed by atoms with Crippen LogP contribution < -0.4 is 10.9 Å². The number of nitro benzene ring substituents is 1. The van der Waals surface area contributed by atoms with Crippen LogP contribution in [0.15, 0.2) is 83.7 Å². The van der Waals surface area contributed by atoms with Crippen molar-refractivity contribution in [3.05, 3.63) is 105 Å². The number of nitro groups is 1. The SMILES string of the molecule is C[C@@H](NC(=O)Cn1nc(-c2cccc([N+](=O)[O-])c2)c2ccccc2c1=O)c1ccccc1. The van der Waals surface area contributed by atoms with Gasteiger partial charge >= 0.3 is 0 Å². The Labute approximate surface area is 183 Å². The Hall–Kier alpha value is -4.33. The molecule has 1 heterocycles. The summed E-state index contributed by atoms with van der Waals surface area (Å²) in [6.45, 7) is 1.58. The van der Waals surface area contributed by atoms with E-state index in [0.717, 1.165) is 10.2 Å². The number of carbonyl (C=O) groups is 1. The maximum absolute atomic E-state index is 13.0. The summed E-state index contributed by atoms with van der Waals surface area (Å²) in [5.41, 5.74) is 1.34. The first-order valence-corrected chi connectivity index (χ1v) is 10.0.